The molecule has 8 heteroatoms. The number of fused-ring (bicyclic) bond motifs is 1. The van der Waals surface area contributed by atoms with Gasteiger partial charge in [-0.15, -0.1) is 0 Å². The number of amides is 4. The van der Waals surface area contributed by atoms with Crippen LogP contribution in [0.5, 0.6) is 0 Å². The van der Waals surface area contributed by atoms with Gasteiger partial charge in [-0.25, -0.2) is 0 Å². The van der Waals surface area contributed by atoms with Crippen LogP contribution in [0.3, 0.4) is 0 Å². The molecule has 160 valence electrons. The number of nitrogens with one attached hydrogen (secondary N) is 2. The lowest BCUT2D eigenvalue weighted by Gasteiger charge is -2.27. The van der Waals surface area contributed by atoms with Gasteiger partial charge in [0.15, 0.2) is 0 Å². The third-order valence-corrected chi connectivity index (χ3v) is 5.89. The molecule has 1 aromatic rings. The van der Waals surface area contributed by atoms with Gasteiger partial charge in [0.05, 0.1) is 22.4 Å². The number of halogens is 1. The van der Waals surface area contributed by atoms with Crippen molar-refractivity contribution in [3.8, 4) is 0 Å². The van der Waals surface area contributed by atoms with Gasteiger partial charge in [0, 0.05) is 12.7 Å². The number of anilines is 1. The molecule has 1 heterocycles. The number of carbonyl (C=O) groups is 4. The molecule has 0 spiro atoms. The fraction of sp³-hybridized carbons (Fsp3) is 0.455. The summed E-state index contributed by atoms with van der Waals surface area (Å²) in [5, 5.41) is 5.51. The van der Waals surface area contributed by atoms with Crippen LogP contribution in [0.1, 0.15) is 43.5 Å². The molecule has 2 N–H and O–H groups in total. The molecule has 1 aromatic carbocycles. The van der Waals surface area contributed by atoms with Crippen molar-refractivity contribution in [3.63, 3.8) is 0 Å². The summed E-state index contributed by atoms with van der Waals surface area (Å²) < 4.78 is 0. The summed E-state index contributed by atoms with van der Waals surface area (Å²) in [5.41, 5.74) is 0.595. The van der Waals surface area contributed by atoms with Crippen LogP contribution in [-0.2, 0) is 14.4 Å². The fourth-order valence-corrected chi connectivity index (χ4v) is 4.25. The highest BCUT2D eigenvalue weighted by Gasteiger charge is 2.51. The fourth-order valence-electron chi connectivity index (χ4n) is 4.05. The second kappa shape index (κ2) is 9.00. The second-order valence-electron chi connectivity index (χ2n) is 8.11. The standard InChI is InChI=1S/C22H26ClN3O4/c1-12(2)10-18(26-21(29)14-6-4-5-7-15(14)22(26)30)20(28)25-13-8-9-17(23)16(11-13)19(27)24-3/h4-5,8-9,11-12,14-15,18H,6-7,10H2,1-3H3,(H,24,27)(H,25,28). The highest BCUT2D eigenvalue weighted by molar-refractivity contribution is 6.34. The minimum atomic E-state index is -0.908. The first kappa shape index (κ1) is 22.0. The smallest absolute Gasteiger partial charge is 0.252 e. The lowest BCUT2D eigenvalue weighted by molar-refractivity contribution is -0.147. The Bertz CT molecular complexity index is 886. The summed E-state index contributed by atoms with van der Waals surface area (Å²) >= 11 is 6.07. The Kier molecular flexibility index (Phi) is 6.61. The van der Waals surface area contributed by atoms with E-state index in [1.807, 2.05) is 26.0 Å². The molecule has 0 saturated carbocycles. The number of allylic oxidation sites excluding steroid dienone is 2. The van der Waals surface area contributed by atoms with Gasteiger partial charge in [-0.2, -0.15) is 0 Å². The van der Waals surface area contributed by atoms with Crippen LogP contribution < -0.4 is 10.6 Å². The number of rotatable bonds is 6. The number of hydrogen-bond donors (Lipinski definition) is 2. The van der Waals surface area contributed by atoms with E-state index in [1.165, 1.54) is 19.2 Å². The van der Waals surface area contributed by atoms with Crippen molar-refractivity contribution in [2.45, 2.75) is 39.2 Å². The monoisotopic (exact) mass is 431 g/mol. The summed E-state index contributed by atoms with van der Waals surface area (Å²) in [5.74, 6) is -2.08. The number of likely N-dealkylation sites (tertiary alicyclic amines) is 1. The van der Waals surface area contributed by atoms with Crippen molar-refractivity contribution in [2.75, 3.05) is 12.4 Å². The minimum Gasteiger partial charge on any atom is -0.355 e. The van der Waals surface area contributed by atoms with Gasteiger partial charge >= 0.3 is 0 Å². The molecule has 2 aliphatic rings. The summed E-state index contributed by atoms with van der Waals surface area (Å²) in [4.78, 5) is 52.3. The average Bonchev–Trinajstić information content (AvgIpc) is 2.97. The lowest BCUT2D eigenvalue weighted by atomic mass is 9.85. The number of benzene rings is 1. The highest BCUT2D eigenvalue weighted by atomic mass is 35.5. The molecule has 30 heavy (non-hydrogen) atoms. The Morgan fingerprint density at radius 2 is 1.73 bits per heavy atom. The van der Waals surface area contributed by atoms with Crippen LogP contribution in [-0.4, -0.2) is 41.6 Å². The lowest BCUT2D eigenvalue weighted by Crippen LogP contribution is -2.48. The Labute approximate surface area is 180 Å². The SMILES string of the molecule is CNC(=O)c1cc(NC(=O)C(CC(C)C)N2C(=O)C3CC=CCC3C2=O)ccc1Cl. The molecule has 0 bridgehead atoms. The molecule has 3 atom stereocenters. The van der Waals surface area contributed by atoms with E-state index >= 15 is 0 Å². The van der Waals surface area contributed by atoms with E-state index in [-0.39, 0.29) is 46.1 Å². The van der Waals surface area contributed by atoms with Crippen molar-refractivity contribution in [1.82, 2.24) is 10.2 Å². The zero-order valence-electron chi connectivity index (χ0n) is 17.3. The highest BCUT2D eigenvalue weighted by Crippen LogP contribution is 2.37. The van der Waals surface area contributed by atoms with Crippen molar-refractivity contribution >= 4 is 40.9 Å². The van der Waals surface area contributed by atoms with Gasteiger partial charge in [-0.05, 0) is 43.4 Å². The molecule has 3 rings (SSSR count). The van der Waals surface area contributed by atoms with Crippen LogP contribution in [0.15, 0.2) is 30.4 Å². The van der Waals surface area contributed by atoms with E-state index in [4.69, 9.17) is 11.6 Å². The van der Waals surface area contributed by atoms with Crippen LogP contribution >= 0.6 is 11.6 Å². The largest absolute Gasteiger partial charge is 0.355 e. The zero-order valence-corrected chi connectivity index (χ0v) is 18.0. The zero-order chi connectivity index (χ0) is 22.0. The van der Waals surface area contributed by atoms with Gasteiger partial charge in [0.25, 0.3) is 5.91 Å². The molecule has 7 nitrogen and oxygen atoms in total. The Morgan fingerprint density at radius 1 is 1.13 bits per heavy atom. The molecular formula is C22H26ClN3O4. The van der Waals surface area contributed by atoms with Gasteiger partial charge in [-0.3, -0.25) is 24.1 Å². The van der Waals surface area contributed by atoms with Crippen LogP contribution in [0.4, 0.5) is 5.69 Å². The maximum atomic E-state index is 13.2. The van der Waals surface area contributed by atoms with Gasteiger partial charge in [0.1, 0.15) is 6.04 Å². The van der Waals surface area contributed by atoms with Crippen LogP contribution in [0, 0.1) is 17.8 Å². The van der Waals surface area contributed by atoms with E-state index in [0.29, 0.717) is 24.9 Å². The Balaban J connectivity index is 1.86. The summed E-state index contributed by atoms with van der Waals surface area (Å²) in [6.07, 6.45) is 5.23. The molecule has 0 radical (unpaired) electrons. The average molecular weight is 432 g/mol. The molecule has 4 amide bonds. The number of imide groups is 1. The van der Waals surface area contributed by atoms with E-state index in [0.717, 1.165) is 4.90 Å². The first-order valence-electron chi connectivity index (χ1n) is 10.1. The van der Waals surface area contributed by atoms with Crippen LogP contribution in [0.25, 0.3) is 0 Å². The predicted octanol–water partition coefficient (Wildman–Crippen LogP) is 3.00. The van der Waals surface area contributed by atoms with Crippen molar-refractivity contribution < 1.29 is 19.2 Å². The van der Waals surface area contributed by atoms with Crippen molar-refractivity contribution in [1.29, 1.82) is 0 Å². The molecule has 1 saturated heterocycles. The first-order valence-corrected chi connectivity index (χ1v) is 10.5. The first-order chi connectivity index (χ1) is 14.2. The summed E-state index contributed by atoms with van der Waals surface area (Å²) in [6, 6.07) is 3.67. The molecular weight excluding hydrogens is 406 g/mol. The maximum Gasteiger partial charge on any atom is 0.252 e. The Morgan fingerprint density at radius 3 is 2.27 bits per heavy atom. The van der Waals surface area contributed by atoms with E-state index in [2.05, 4.69) is 10.6 Å². The normalized spacial score (nSPS) is 21.6. The van der Waals surface area contributed by atoms with E-state index in [1.54, 1.807) is 6.07 Å². The van der Waals surface area contributed by atoms with Crippen LogP contribution in [0.2, 0.25) is 5.02 Å². The van der Waals surface area contributed by atoms with Gasteiger partial charge in [-0.1, -0.05) is 37.6 Å². The predicted molar refractivity (Wildman–Crippen MR) is 114 cm³/mol. The molecule has 0 aromatic heterocycles. The third kappa shape index (κ3) is 4.26. The summed E-state index contributed by atoms with van der Waals surface area (Å²) in [6.45, 7) is 3.87. The number of hydrogen-bond acceptors (Lipinski definition) is 4. The third-order valence-electron chi connectivity index (χ3n) is 5.56. The topological polar surface area (TPSA) is 95.6 Å². The second-order valence-corrected chi connectivity index (χ2v) is 8.52. The van der Waals surface area contributed by atoms with Gasteiger partial charge in [0.2, 0.25) is 17.7 Å². The van der Waals surface area contributed by atoms with Gasteiger partial charge < -0.3 is 10.6 Å². The van der Waals surface area contributed by atoms with E-state index < -0.39 is 11.9 Å². The minimum absolute atomic E-state index is 0.0914. The van der Waals surface area contributed by atoms with Crippen molar-refractivity contribution in [2.24, 2.45) is 17.8 Å². The quantitative estimate of drug-likeness (QED) is 0.534. The Hall–Kier alpha value is -2.67. The van der Waals surface area contributed by atoms with E-state index in [9.17, 15) is 19.2 Å². The maximum absolute atomic E-state index is 13.2. The molecule has 1 aliphatic carbocycles. The molecule has 3 unspecified atom stereocenters. The van der Waals surface area contributed by atoms with Crippen molar-refractivity contribution in [3.05, 3.63) is 40.9 Å². The molecule has 1 aliphatic heterocycles. The molecule has 1 fully saturated rings. The summed E-state index contributed by atoms with van der Waals surface area (Å²) in [7, 11) is 1.49. The number of carbonyl (C=O) groups excluding carboxylic acids is 4. The number of nitrogens with zero attached hydrogens (tertiary/aromatic N) is 1.